The number of nitrogens with one attached hydrogen (secondary N) is 1. The van der Waals surface area contributed by atoms with Crippen molar-refractivity contribution < 1.29 is 0 Å². The van der Waals surface area contributed by atoms with Gasteiger partial charge in [-0.2, -0.15) is 0 Å². The Bertz CT molecular complexity index is 74.9. The molecule has 1 N–H and O–H groups in total. The highest BCUT2D eigenvalue weighted by Gasteiger charge is 2.21. The van der Waals surface area contributed by atoms with Crippen LogP contribution in [0.15, 0.2) is 0 Å². The van der Waals surface area contributed by atoms with Crippen molar-refractivity contribution >= 4 is 22.6 Å². The fourth-order valence-electron chi connectivity index (χ4n) is 1.10. The zero-order valence-electron chi connectivity index (χ0n) is 5.15. The fourth-order valence-corrected chi connectivity index (χ4v) is 2.18. The summed E-state index contributed by atoms with van der Waals surface area (Å²) in [6.07, 6.45) is 1.33. The predicted molar refractivity (Wildman–Crippen MR) is 44.5 cm³/mol. The first kappa shape index (κ1) is 6.81. The molecule has 8 heavy (non-hydrogen) atoms. The van der Waals surface area contributed by atoms with Gasteiger partial charge < -0.3 is 5.32 Å². The van der Waals surface area contributed by atoms with Crippen molar-refractivity contribution in [3.8, 4) is 0 Å². The summed E-state index contributed by atoms with van der Waals surface area (Å²) in [5.74, 6) is 0.940. The van der Waals surface area contributed by atoms with E-state index in [9.17, 15) is 0 Å². The standard InChI is InChI=1S/C6H12IN/c1-2-5-3-8-4-6(5)7/h5-6,8H,2-4H2,1H3/t5-,6+/m1/s1. The van der Waals surface area contributed by atoms with Crippen molar-refractivity contribution in [2.24, 2.45) is 5.92 Å². The lowest BCUT2D eigenvalue weighted by atomic mass is 10.1. The van der Waals surface area contributed by atoms with Gasteiger partial charge in [-0.15, -0.1) is 0 Å². The highest BCUT2D eigenvalue weighted by molar-refractivity contribution is 14.1. The second-order valence-corrected chi connectivity index (χ2v) is 3.94. The fraction of sp³-hybridized carbons (Fsp3) is 1.00. The van der Waals surface area contributed by atoms with Crippen LogP contribution in [0.4, 0.5) is 0 Å². The maximum absolute atomic E-state index is 3.37. The Balaban J connectivity index is 2.30. The molecule has 1 rings (SSSR count). The molecule has 0 aromatic heterocycles. The maximum atomic E-state index is 3.37. The third-order valence-corrected chi connectivity index (χ3v) is 3.24. The SMILES string of the molecule is CC[C@@H]1CNC[C@@H]1I. The number of halogens is 1. The molecule has 0 aromatic rings. The van der Waals surface area contributed by atoms with E-state index < -0.39 is 0 Å². The highest BCUT2D eigenvalue weighted by Crippen LogP contribution is 2.19. The molecule has 0 spiro atoms. The molecule has 0 bridgehead atoms. The van der Waals surface area contributed by atoms with Crippen molar-refractivity contribution in [3.63, 3.8) is 0 Å². The average Bonchev–Trinajstić information content (AvgIpc) is 2.14. The first-order valence-corrected chi connectivity index (χ1v) is 4.44. The summed E-state index contributed by atoms with van der Waals surface area (Å²) in [6.45, 7) is 4.73. The number of hydrogen-bond donors (Lipinski definition) is 1. The Morgan fingerprint density at radius 3 is 2.62 bits per heavy atom. The minimum atomic E-state index is 0.887. The lowest BCUT2D eigenvalue weighted by molar-refractivity contribution is 0.583. The van der Waals surface area contributed by atoms with Crippen LogP contribution in [0.1, 0.15) is 13.3 Å². The van der Waals surface area contributed by atoms with Crippen LogP contribution >= 0.6 is 22.6 Å². The van der Waals surface area contributed by atoms with Crippen LogP contribution in [0.2, 0.25) is 0 Å². The van der Waals surface area contributed by atoms with Gasteiger partial charge in [-0.3, -0.25) is 0 Å². The van der Waals surface area contributed by atoms with Gasteiger partial charge in [-0.25, -0.2) is 0 Å². The van der Waals surface area contributed by atoms with E-state index in [4.69, 9.17) is 0 Å². The van der Waals surface area contributed by atoms with Gasteiger partial charge in [-0.1, -0.05) is 35.9 Å². The second-order valence-electron chi connectivity index (χ2n) is 2.34. The van der Waals surface area contributed by atoms with Crippen LogP contribution in [-0.2, 0) is 0 Å². The monoisotopic (exact) mass is 225 g/mol. The van der Waals surface area contributed by atoms with Crippen LogP contribution in [0.5, 0.6) is 0 Å². The first-order valence-electron chi connectivity index (χ1n) is 3.19. The zero-order chi connectivity index (χ0) is 5.98. The smallest absolute Gasteiger partial charge is 0.0275 e. The van der Waals surface area contributed by atoms with Gasteiger partial charge >= 0.3 is 0 Å². The first-order chi connectivity index (χ1) is 3.84. The van der Waals surface area contributed by atoms with Crippen molar-refractivity contribution in [2.75, 3.05) is 13.1 Å². The van der Waals surface area contributed by atoms with Gasteiger partial charge in [0.1, 0.15) is 0 Å². The Labute approximate surface area is 64.4 Å². The lowest BCUT2D eigenvalue weighted by Gasteiger charge is -2.07. The van der Waals surface area contributed by atoms with E-state index in [-0.39, 0.29) is 0 Å². The molecule has 0 amide bonds. The average molecular weight is 225 g/mol. The van der Waals surface area contributed by atoms with E-state index >= 15 is 0 Å². The molecule has 0 unspecified atom stereocenters. The van der Waals surface area contributed by atoms with E-state index in [0.717, 1.165) is 9.84 Å². The molecule has 0 saturated carbocycles. The molecule has 1 aliphatic rings. The molecular formula is C6H12IN. The number of hydrogen-bond acceptors (Lipinski definition) is 1. The van der Waals surface area contributed by atoms with E-state index in [1.165, 1.54) is 19.5 Å². The molecule has 1 saturated heterocycles. The molecular weight excluding hydrogens is 213 g/mol. The summed E-state index contributed by atoms with van der Waals surface area (Å²) in [5.41, 5.74) is 0. The van der Waals surface area contributed by atoms with Gasteiger partial charge in [0.05, 0.1) is 0 Å². The minimum Gasteiger partial charge on any atom is -0.315 e. The van der Waals surface area contributed by atoms with Gasteiger partial charge in [0.25, 0.3) is 0 Å². The Morgan fingerprint density at radius 2 is 2.38 bits per heavy atom. The van der Waals surface area contributed by atoms with E-state index in [0.29, 0.717) is 0 Å². The number of rotatable bonds is 1. The predicted octanol–water partition coefficient (Wildman–Crippen LogP) is 1.42. The van der Waals surface area contributed by atoms with Crippen molar-refractivity contribution in [1.29, 1.82) is 0 Å². The summed E-state index contributed by atoms with van der Waals surface area (Å²) in [7, 11) is 0. The Morgan fingerprint density at radius 1 is 1.62 bits per heavy atom. The summed E-state index contributed by atoms with van der Waals surface area (Å²) >= 11 is 2.53. The topological polar surface area (TPSA) is 12.0 Å². The molecule has 1 heterocycles. The third-order valence-electron chi connectivity index (χ3n) is 1.78. The molecule has 0 radical (unpaired) electrons. The molecule has 2 atom stereocenters. The molecule has 1 fully saturated rings. The molecule has 0 aliphatic carbocycles. The van der Waals surface area contributed by atoms with Crippen molar-refractivity contribution in [3.05, 3.63) is 0 Å². The third kappa shape index (κ3) is 1.35. The van der Waals surface area contributed by atoms with Crippen molar-refractivity contribution in [1.82, 2.24) is 5.32 Å². The Hall–Kier alpha value is 0.690. The van der Waals surface area contributed by atoms with Gasteiger partial charge in [-0.05, 0) is 12.5 Å². The van der Waals surface area contributed by atoms with Gasteiger partial charge in [0, 0.05) is 10.5 Å². The van der Waals surface area contributed by atoms with Crippen LogP contribution < -0.4 is 5.32 Å². The quantitative estimate of drug-likeness (QED) is 0.525. The summed E-state index contributed by atoms with van der Waals surface area (Å²) in [6, 6.07) is 0. The highest BCUT2D eigenvalue weighted by atomic mass is 127. The summed E-state index contributed by atoms with van der Waals surface area (Å²) < 4.78 is 0.887. The van der Waals surface area contributed by atoms with E-state index in [1.807, 2.05) is 0 Å². The molecule has 2 heteroatoms. The van der Waals surface area contributed by atoms with Gasteiger partial charge in [0.2, 0.25) is 0 Å². The van der Waals surface area contributed by atoms with E-state index in [1.54, 1.807) is 0 Å². The lowest BCUT2D eigenvalue weighted by Crippen LogP contribution is -2.08. The maximum Gasteiger partial charge on any atom is 0.0275 e. The van der Waals surface area contributed by atoms with Crippen LogP contribution in [0, 0.1) is 5.92 Å². The second kappa shape index (κ2) is 3.01. The van der Waals surface area contributed by atoms with Crippen LogP contribution in [0.3, 0.4) is 0 Å². The Kier molecular flexibility index (Phi) is 2.56. The largest absolute Gasteiger partial charge is 0.315 e. The summed E-state index contributed by atoms with van der Waals surface area (Å²) in [5, 5.41) is 3.37. The molecule has 1 nitrogen and oxygen atoms in total. The van der Waals surface area contributed by atoms with Crippen LogP contribution in [0.25, 0.3) is 0 Å². The molecule has 0 aromatic carbocycles. The summed E-state index contributed by atoms with van der Waals surface area (Å²) in [4.78, 5) is 0. The molecule has 48 valence electrons. The van der Waals surface area contributed by atoms with Gasteiger partial charge in [0.15, 0.2) is 0 Å². The van der Waals surface area contributed by atoms with Crippen molar-refractivity contribution in [2.45, 2.75) is 17.3 Å². The minimum absolute atomic E-state index is 0.887. The van der Waals surface area contributed by atoms with Crippen LogP contribution in [-0.4, -0.2) is 17.0 Å². The zero-order valence-corrected chi connectivity index (χ0v) is 7.31. The molecule has 1 aliphatic heterocycles. The number of alkyl halides is 1. The normalized spacial score (nSPS) is 38.2. The van der Waals surface area contributed by atoms with E-state index in [2.05, 4.69) is 34.8 Å².